The van der Waals surface area contributed by atoms with E-state index in [0.29, 0.717) is 0 Å². The summed E-state index contributed by atoms with van der Waals surface area (Å²) in [6.45, 7) is -0.727. The third-order valence-corrected chi connectivity index (χ3v) is 1.07. The monoisotopic (exact) mass is 120 g/mol. The third kappa shape index (κ3) is 1.20. The molecule has 1 heterocycles. The molecule has 0 aromatic rings. The van der Waals surface area contributed by atoms with Crippen LogP contribution in [-0.2, 0) is 4.74 Å². The molecule has 1 rings (SSSR count). The van der Waals surface area contributed by atoms with Crippen LogP contribution in [0.15, 0.2) is 0 Å². The average molecular weight is 120 g/mol. The number of nitrogens with one attached hydrogen (secondary N) is 1. The normalized spacial score (nSPS) is 68.9. The van der Waals surface area contributed by atoms with Crippen LogP contribution in [0, 0.1) is 0 Å². The Morgan fingerprint density at radius 3 is 3.38 bits per heavy atom. The van der Waals surface area contributed by atoms with Crippen molar-refractivity contribution < 1.29 is 11.6 Å². The van der Waals surface area contributed by atoms with E-state index >= 15 is 0 Å². The fourth-order valence-corrected chi connectivity index (χ4v) is 0.577. The van der Waals surface area contributed by atoms with Gasteiger partial charge in [0.1, 0.15) is 0 Å². The Labute approximate surface area is 57.2 Å². The summed E-state index contributed by atoms with van der Waals surface area (Å²) in [6.07, 6.45) is -1.74. The van der Waals surface area contributed by atoms with E-state index in [1.54, 1.807) is 0 Å². The molecule has 1 N–H and O–H groups in total. The van der Waals surface area contributed by atoms with Gasteiger partial charge >= 0.3 is 0 Å². The third-order valence-electron chi connectivity index (χ3n) is 1.07. The molecular formula is C6H13NO. The van der Waals surface area contributed by atoms with Crippen LogP contribution in [0.4, 0.5) is 0 Å². The summed E-state index contributed by atoms with van der Waals surface area (Å²) < 4.78 is 41.7. The van der Waals surface area contributed by atoms with Gasteiger partial charge in [-0.05, 0) is 13.8 Å². The zero-order chi connectivity index (χ0) is 10.3. The average Bonchev–Trinajstić information content (AvgIpc) is 1.93. The molecule has 0 saturated carbocycles. The van der Waals surface area contributed by atoms with Gasteiger partial charge in [0.05, 0.1) is 14.1 Å². The SMILES string of the molecule is [2H]C([2H])([2H])C1([2H])NCCOC1([2H])C. The van der Waals surface area contributed by atoms with E-state index in [-0.39, 0.29) is 13.2 Å². The van der Waals surface area contributed by atoms with Crippen molar-refractivity contribution in [3.05, 3.63) is 0 Å². The first-order chi connectivity index (χ1) is 5.71. The zero-order valence-corrected chi connectivity index (χ0v) is 4.82. The molecule has 2 unspecified atom stereocenters. The van der Waals surface area contributed by atoms with Crippen LogP contribution in [-0.4, -0.2) is 25.2 Å². The number of hydrogen-bond donors (Lipinski definition) is 1. The molecule has 0 spiro atoms. The van der Waals surface area contributed by atoms with Crippen molar-refractivity contribution in [2.45, 2.75) is 25.9 Å². The van der Waals surface area contributed by atoms with Crippen molar-refractivity contribution in [2.75, 3.05) is 13.2 Å². The number of ether oxygens (including phenoxy) is 1. The first kappa shape index (κ1) is 2.27. The standard InChI is InChI=1S/C6H13NO/c1-5-6(2)8-4-3-7-5/h5-7H,3-4H2,1-2H3/i1D3,5D,6D. The smallest absolute Gasteiger partial charge is 0.0697 e. The maximum atomic E-state index is 7.69. The lowest BCUT2D eigenvalue weighted by atomic mass is 10.2. The van der Waals surface area contributed by atoms with E-state index < -0.39 is 18.9 Å². The van der Waals surface area contributed by atoms with Crippen molar-refractivity contribution in [3.63, 3.8) is 0 Å². The molecule has 1 saturated heterocycles. The summed E-state index contributed by atoms with van der Waals surface area (Å²) in [5.74, 6) is 0. The molecule has 1 aliphatic heterocycles. The van der Waals surface area contributed by atoms with Crippen LogP contribution < -0.4 is 5.32 Å². The highest BCUT2D eigenvalue weighted by Gasteiger charge is 2.15. The molecule has 1 fully saturated rings. The van der Waals surface area contributed by atoms with Gasteiger partial charge in [-0.25, -0.2) is 0 Å². The number of morpholine rings is 1. The van der Waals surface area contributed by atoms with Crippen LogP contribution in [0.3, 0.4) is 0 Å². The van der Waals surface area contributed by atoms with Gasteiger partial charge in [-0.1, -0.05) is 0 Å². The molecule has 1 aliphatic rings. The Hall–Kier alpha value is -0.0800. The van der Waals surface area contributed by atoms with E-state index in [9.17, 15) is 0 Å². The summed E-state index contributed by atoms with van der Waals surface area (Å²) in [4.78, 5) is 0. The topological polar surface area (TPSA) is 21.3 Å². The summed E-state index contributed by atoms with van der Waals surface area (Å²) in [7, 11) is 0. The lowest BCUT2D eigenvalue weighted by Gasteiger charge is -2.26. The Kier molecular flexibility index (Phi) is 0.700. The van der Waals surface area contributed by atoms with Crippen molar-refractivity contribution in [2.24, 2.45) is 0 Å². The Balaban J connectivity index is 2.98. The van der Waals surface area contributed by atoms with Crippen molar-refractivity contribution in [3.8, 4) is 0 Å². The van der Waals surface area contributed by atoms with Crippen LogP contribution in [0.5, 0.6) is 0 Å². The highest BCUT2D eigenvalue weighted by Crippen LogP contribution is 2.00. The molecular weight excluding hydrogens is 102 g/mol. The molecule has 8 heavy (non-hydrogen) atoms. The quantitative estimate of drug-likeness (QED) is 0.499. The zero-order valence-electron chi connectivity index (χ0n) is 9.82. The summed E-state index contributed by atoms with van der Waals surface area (Å²) >= 11 is 0. The van der Waals surface area contributed by atoms with Crippen LogP contribution >= 0.6 is 0 Å². The van der Waals surface area contributed by atoms with Crippen LogP contribution in [0.1, 0.15) is 20.6 Å². The molecule has 2 atom stereocenters. The number of hydrogen-bond acceptors (Lipinski definition) is 2. The second kappa shape index (κ2) is 2.46. The molecule has 0 bridgehead atoms. The second-order valence-electron chi connectivity index (χ2n) is 1.71. The Bertz CT molecular complexity index is 204. The molecule has 0 aromatic heterocycles. The van der Waals surface area contributed by atoms with Crippen LogP contribution in [0.25, 0.3) is 0 Å². The molecule has 0 radical (unpaired) electrons. The maximum absolute atomic E-state index is 7.69. The van der Waals surface area contributed by atoms with Gasteiger partial charge in [0.15, 0.2) is 0 Å². The Morgan fingerprint density at radius 1 is 2.00 bits per heavy atom. The lowest BCUT2D eigenvalue weighted by molar-refractivity contribution is 0.0135. The van der Waals surface area contributed by atoms with Crippen LogP contribution in [0.2, 0.25) is 0 Å². The lowest BCUT2D eigenvalue weighted by Crippen LogP contribution is -2.44. The first-order valence-corrected chi connectivity index (χ1v) is 2.60. The fourth-order valence-electron chi connectivity index (χ4n) is 0.577. The highest BCUT2D eigenvalue weighted by molar-refractivity contribution is 4.71. The van der Waals surface area contributed by atoms with E-state index in [4.69, 9.17) is 11.6 Å². The molecule has 2 heteroatoms. The first-order valence-electron chi connectivity index (χ1n) is 5.10. The van der Waals surface area contributed by atoms with Crippen molar-refractivity contribution in [1.82, 2.24) is 5.32 Å². The predicted octanol–water partition coefficient (Wildman–Crippen LogP) is 0.383. The van der Waals surface area contributed by atoms with Gasteiger partial charge in [-0.3, -0.25) is 0 Å². The van der Waals surface area contributed by atoms with Gasteiger partial charge in [0, 0.05) is 18.0 Å². The molecule has 2 nitrogen and oxygen atoms in total. The second-order valence-corrected chi connectivity index (χ2v) is 1.71. The summed E-state index contributed by atoms with van der Waals surface area (Å²) in [5, 5.41) is 2.52. The van der Waals surface area contributed by atoms with Gasteiger partial charge in [-0.15, -0.1) is 0 Å². The van der Waals surface area contributed by atoms with E-state index in [2.05, 4.69) is 5.32 Å². The van der Waals surface area contributed by atoms with Gasteiger partial charge in [-0.2, -0.15) is 0 Å². The molecule has 48 valence electrons. The largest absolute Gasteiger partial charge is 0.376 e. The minimum atomic E-state index is -2.57. The summed E-state index contributed by atoms with van der Waals surface area (Å²) in [5.41, 5.74) is 0. The molecule has 0 aliphatic carbocycles. The van der Waals surface area contributed by atoms with E-state index in [1.807, 2.05) is 0 Å². The maximum Gasteiger partial charge on any atom is 0.0697 e. The van der Waals surface area contributed by atoms with E-state index in [0.717, 1.165) is 0 Å². The predicted molar refractivity (Wildman–Crippen MR) is 32.9 cm³/mol. The fraction of sp³-hybridized carbons (Fsp3) is 1.00. The Morgan fingerprint density at radius 2 is 2.88 bits per heavy atom. The molecule has 0 amide bonds. The summed E-state index contributed by atoms with van der Waals surface area (Å²) in [6, 6.07) is -2.04. The van der Waals surface area contributed by atoms with E-state index in [1.165, 1.54) is 6.92 Å². The van der Waals surface area contributed by atoms with Crippen molar-refractivity contribution in [1.29, 1.82) is 0 Å². The highest BCUT2D eigenvalue weighted by atomic mass is 16.5. The minimum absolute atomic E-state index is 0.261. The molecule has 0 aromatic carbocycles. The van der Waals surface area contributed by atoms with Gasteiger partial charge < -0.3 is 10.1 Å². The number of rotatable bonds is 0. The van der Waals surface area contributed by atoms with Gasteiger partial charge in [0.2, 0.25) is 0 Å². The van der Waals surface area contributed by atoms with Crippen molar-refractivity contribution >= 4 is 0 Å². The van der Waals surface area contributed by atoms with Gasteiger partial charge in [0.25, 0.3) is 0 Å². The minimum Gasteiger partial charge on any atom is -0.376 e.